The summed E-state index contributed by atoms with van der Waals surface area (Å²) in [5.41, 5.74) is 1.13. The summed E-state index contributed by atoms with van der Waals surface area (Å²) in [5.74, 6) is -0.0880. The molecular formula is C11H10N2O2S. The second-order valence-electron chi connectivity index (χ2n) is 3.47. The average molecular weight is 234 g/mol. The zero-order valence-corrected chi connectivity index (χ0v) is 9.75. The predicted octanol–water partition coefficient (Wildman–Crippen LogP) is 1.83. The van der Waals surface area contributed by atoms with Crippen LogP contribution in [-0.2, 0) is 7.05 Å². The fraction of sp³-hybridized carbons (Fsp3) is 0.182. The van der Waals surface area contributed by atoms with Crippen molar-refractivity contribution in [2.45, 2.75) is 6.92 Å². The van der Waals surface area contributed by atoms with Gasteiger partial charge in [-0.05, 0) is 13.0 Å². The molecule has 0 aromatic carbocycles. The van der Waals surface area contributed by atoms with Gasteiger partial charge in [0.05, 0.1) is 16.6 Å². The first-order chi connectivity index (χ1) is 7.61. The first-order valence-electron chi connectivity index (χ1n) is 4.71. The predicted molar refractivity (Wildman–Crippen MR) is 61.1 cm³/mol. The van der Waals surface area contributed by atoms with Gasteiger partial charge in [0.25, 0.3) is 0 Å². The van der Waals surface area contributed by atoms with Crippen molar-refractivity contribution in [1.29, 1.82) is 0 Å². The lowest BCUT2D eigenvalue weighted by Gasteiger charge is -1.94. The SMILES string of the molecule is Cc1sc(C=O)cc1C(=O)c1cnn(C)c1. The molecule has 2 aromatic heterocycles. The van der Waals surface area contributed by atoms with E-state index in [-0.39, 0.29) is 5.78 Å². The number of ketones is 1. The highest BCUT2D eigenvalue weighted by Gasteiger charge is 2.16. The number of aldehydes is 1. The molecule has 0 bridgehead atoms. The highest BCUT2D eigenvalue weighted by molar-refractivity contribution is 7.14. The second-order valence-corrected chi connectivity index (χ2v) is 4.76. The Bertz CT molecular complexity index is 554. The zero-order chi connectivity index (χ0) is 11.7. The Morgan fingerprint density at radius 1 is 1.56 bits per heavy atom. The molecule has 82 valence electrons. The van der Waals surface area contributed by atoms with Gasteiger partial charge >= 0.3 is 0 Å². The van der Waals surface area contributed by atoms with Crippen molar-refractivity contribution < 1.29 is 9.59 Å². The zero-order valence-electron chi connectivity index (χ0n) is 8.93. The molecule has 0 saturated carbocycles. The molecule has 0 aliphatic carbocycles. The third-order valence-corrected chi connectivity index (χ3v) is 3.24. The monoisotopic (exact) mass is 234 g/mol. The van der Waals surface area contributed by atoms with Gasteiger partial charge in [-0.1, -0.05) is 0 Å². The van der Waals surface area contributed by atoms with Crippen molar-refractivity contribution in [1.82, 2.24) is 9.78 Å². The number of aromatic nitrogens is 2. The van der Waals surface area contributed by atoms with Gasteiger partial charge in [-0.25, -0.2) is 0 Å². The van der Waals surface area contributed by atoms with Gasteiger partial charge in [0.15, 0.2) is 12.1 Å². The minimum Gasteiger partial charge on any atom is -0.297 e. The van der Waals surface area contributed by atoms with Crippen molar-refractivity contribution in [2.75, 3.05) is 0 Å². The molecule has 0 aliphatic rings. The van der Waals surface area contributed by atoms with Crippen molar-refractivity contribution in [3.8, 4) is 0 Å². The van der Waals surface area contributed by atoms with Crippen LogP contribution in [0.1, 0.15) is 30.5 Å². The lowest BCUT2D eigenvalue weighted by molar-refractivity contribution is 0.103. The number of carbonyl (C=O) groups excluding carboxylic acids is 2. The summed E-state index contributed by atoms with van der Waals surface area (Å²) in [4.78, 5) is 24.1. The van der Waals surface area contributed by atoms with Crippen LogP contribution >= 0.6 is 11.3 Å². The normalized spacial score (nSPS) is 10.4. The van der Waals surface area contributed by atoms with Crippen molar-refractivity contribution >= 4 is 23.4 Å². The molecular weight excluding hydrogens is 224 g/mol. The molecule has 0 unspecified atom stereocenters. The number of rotatable bonds is 3. The van der Waals surface area contributed by atoms with E-state index in [1.54, 1.807) is 24.0 Å². The van der Waals surface area contributed by atoms with Crippen LogP contribution in [0.15, 0.2) is 18.5 Å². The molecule has 2 aromatic rings. The summed E-state index contributed by atoms with van der Waals surface area (Å²) in [6.45, 7) is 1.83. The van der Waals surface area contributed by atoms with E-state index in [0.29, 0.717) is 16.0 Å². The molecule has 0 radical (unpaired) electrons. The Labute approximate surface area is 96.5 Å². The van der Waals surface area contributed by atoms with Gasteiger partial charge in [-0.15, -0.1) is 11.3 Å². The first kappa shape index (κ1) is 10.8. The smallest absolute Gasteiger partial charge is 0.197 e. The highest BCUT2D eigenvalue weighted by Crippen LogP contribution is 2.22. The van der Waals surface area contributed by atoms with Crippen LogP contribution in [0.25, 0.3) is 0 Å². The lowest BCUT2D eigenvalue weighted by Crippen LogP contribution is -1.99. The first-order valence-corrected chi connectivity index (χ1v) is 5.52. The molecule has 0 saturated heterocycles. The molecule has 2 heterocycles. The minimum absolute atomic E-state index is 0.0880. The molecule has 2 rings (SSSR count). The maximum Gasteiger partial charge on any atom is 0.197 e. The van der Waals surface area contributed by atoms with Gasteiger partial charge in [-0.3, -0.25) is 14.3 Å². The maximum atomic E-state index is 12.0. The van der Waals surface area contributed by atoms with E-state index in [4.69, 9.17) is 0 Å². The number of thiophene rings is 1. The van der Waals surface area contributed by atoms with Gasteiger partial charge in [-0.2, -0.15) is 5.10 Å². The van der Waals surface area contributed by atoms with Crippen LogP contribution in [0.4, 0.5) is 0 Å². The van der Waals surface area contributed by atoms with Gasteiger partial charge in [0, 0.05) is 23.7 Å². The van der Waals surface area contributed by atoms with Gasteiger partial charge in [0.2, 0.25) is 0 Å². The van der Waals surface area contributed by atoms with Crippen LogP contribution < -0.4 is 0 Å². The number of hydrogen-bond acceptors (Lipinski definition) is 4. The van der Waals surface area contributed by atoms with E-state index in [0.717, 1.165) is 11.2 Å². The number of aryl methyl sites for hydroxylation is 2. The molecule has 5 heteroatoms. The molecule has 0 fully saturated rings. The number of nitrogens with zero attached hydrogens (tertiary/aromatic N) is 2. The largest absolute Gasteiger partial charge is 0.297 e. The quantitative estimate of drug-likeness (QED) is 0.601. The highest BCUT2D eigenvalue weighted by atomic mass is 32.1. The van der Waals surface area contributed by atoms with E-state index >= 15 is 0 Å². The Morgan fingerprint density at radius 2 is 2.31 bits per heavy atom. The second kappa shape index (κ2) is 4.02. The summed E-state index contributed by atoms with van der Waals surface area (Å²) >= 11 is 1.33. The Balaban J connectivity index is 2.40. The Kier molecular flexibility index (Phi) is 2.70. The number of hydrogen-bond donors (Lipinski definition) is 0. The van der Waals surface area contributed by atoms with Crippen LogP contribution in [-0.4, -0.2) is 21.8 Å². The van der Waals surface area contributed by atoms with Crippen LogP contribution in [0.3, 0.4) is 0 Å². The summed E-state index contributed by atoms with van der Waals surface area (Å²) < 4.78 is 1.58. The Morgan fingerprint density at radius 3 is 2.81 bits per heavy atom. The molecule has 0 N–H and O–H groups in total. The minimum atomic E-state index is -0.0880. The topological polar surface area (TPSA) is 52.0 Å². The van der Waals surface area contributed by atoms with Crippen LogP contribution in [0.2, 0.25) is 0 Å². The van der Waals surface area contributed by atoms with Crippen LogP contribution in [0, 0.1) is 6.92 Å². The fourth-order valence-electron chi connectivity index (χ4n) is 1.48. The third-order valence-electron chi connectivity index (χ3n) is 2.26. The van der Waals surface area contributed by atoms with E-state index in [2.05, 4.69) is 5.10 Å². The third kappa shape index (κ3) is 1.81. The molecule has 0 amide bonds. The van der Waals surface area contributed by atoms with E-state index in [1.165, 1.54) is 17.5 Å². The number of carbonyl (C=O) groups is 2. The summed E-state index contributed by atoms with van der Waals surface area (Å²) in [5, 5.41) is 3.95. The van der Waals surface area contributed by atoms with Gasteiger partial charge < -0.3 is 0 Å². The average Bonchev–Trinajstić information content (AvgIpc) is 2.83. The fourth-order valence-corrected chi connectivity index (χ4v) is 2.32. The van der Waals surface area contributed by atoms with Gasteiger partial charge in [0.1, 0.15) is 0 Å². The standard InChI is InChI=1S/C11H10N2O2S/c1-7-10(3-9(6-14)16-7)11(15)8-4-12-13(2)5-8/h3-6H,1-2H3. The lowest BCUT2D eigenvalue weighted by atomic mass is 10.1. The molecule has 0 aliphatic heterocycles. The molecule has 16 heavy (non-hydrogen) atoms. The van der Waals surface area contributed by atoms with Crippen molar-refractivity contribution in [2.24, 2.45) is 7.05 Å². The molecule has 0 atom stereocenters. The van der Waals surface area contributed by atoms with Crippen molar-refractivity contribution in [3.05, 3.63) is 39.3 Å². The van der Waals surface area contributed by atoms with Crippen molar-refractivity contribution in [3.63, 3.8) is 0 Å². The van der Waals surface area contributed by atoms with E-state index < -0.39 is 0 Å². The van der Waals surface area contributed by atoms with Crippen LogP contribution in [0.5, 0.6) is 0 Å². The molecule has 0 spiro atoms. The molecule has 4 nitrogen and oxygen atoms in total. The van der Waals surface area contributed by atoms with E-state index in [1.807, 2.05) is 6.92 Å². The Hall–Kier alpha value is -1.75. The summed E-state index contributed by atoms with van der Waals surface area (Å²) in [6, 6.07) is 1.63. The summed E-state index contributed by atoms with van der Waals surface area (Å²) in [6.07, 6.45) is 3.96. The maximum absolute atomic E-state index is 12.0. The summed E-state index contributed by atoms with van der Waals surface area (Å²) in [7, 11) is 1.76. The van der Waals surface area contributed by atoms with E-state index in [9.17, 15) is 9.59 Å².